The van der Waals surface area contributed by atoms with Gasteiger partial charge in [0.15, 0.2) is 0 Å². The zero-order chi connectivity index (χ0) is 13.5. The van der Waals surface area contributed by atoms with Crippen LogP contribution in [0.5, 0.6) is 0 Å². The van der Waals surface area contributed by atoms with E-state index < -0.39 is 4.92 Å². The van der Waals surface area contributed by atoms with Crippen LogP contribution in [0.2, 0.25) is 0 Å². The second-order valence-electron chi connectivity index (χ2n) is 4.22. The maximum Gasteiger partial charge on any atom is 0.270 e. The standard InChI is InChI=1S/C12H17N3O3/c1-14(2)8-4-7-13-12(16)10-5-3-6-11(9-10)15(17)18/h3,5-6,9H,4,7-8H2,1-2H3,(H,13,16). The summed E-state index contributed by atoms with van der Waals surface area (Å²) in [6.45, 7) is 1.44. The van der Waals surface area contributed by atoms with Crippen molar-refractivity contribution in [2.75, 3.05) is 27.2 Å². The van der Waals surface area contributed by atoms with Gasteiger partial charge in [0.1, 0.15) is 0 Å². The average Bonchev–Trinajstić information content (AvgIpc) is 2.34. The molecule has 0 aromatic heterocycles. The number of non-ortho nitro benzene ring substituents is 1. The molecule has 0 unspecified atom stereocenters. The Kier molecular flexibility index (Phi) is 5.26. The van der Waals surface area contributed by atoms with E-state index >= 15 is 0 Å². The summed E-state index contributed by atoms with van der Waals surface area (Å²) in [5, 5.41) is 13.3. The fraction of sp³-hybridized carbons (Fsp3) is 0.417. The fourth-order valence-corrected chi connectivity index (χ4v) is 1.46. The number of benzene rings is 1. The van der Waals surface area contributed by atoms with Gasteiger partial charge in [-0.15, -0.1) is 0 Å². The summed E-state index contributed by atoms with van der Waals surface area (Å²) in [5.41, 5.74) is 0.241. The number of carbonyl (C=O) groups is 1. The number of amides is 1. The van der Waals surface area contributed by atoms with Crippen molar-refractivity contribution in [1.29, 1.82) is 0 Å². The quantitative estimate of drug-likeness (QED) is 0.469. The van der Waals surface area contributed by atoms with Crippen molar-refractivity contribution in [1.82, 2.24) is 10.2 Å². The summed E-state index contributed by atoms with van der Waals surface area (Å²) in [5.74, 6) is -0.280. The lowest BCUT2D eigenvalue weighted by molar-refractivity contribution is -0.384. The molecule has 0 heterocycles. The first-order valence-electron chi connectivity index (χ1n) is 5.68. The number of nitro benzene ring substituents is 1. The molecule has 1 rings (SSSR count). The molecule has 0 aliphatic carbocycles. The van der Waals surface area contributed by atoms with Crippen LogP contribution in [-0.2, 0) is 0 Å². The summed E-state index contributed by atoms with van der Waals surface area (Å²) < 4.78 is 0. The minimum atomic E-state index is -0.511. The predicted molar refractivity (Wildman–Crippen MR) is 68.6 cm³/mol. The average molecular weight is 251 g/mol. The molecular weight excluding hydrogens is 234 g/mol. The molecule has 0 atom stereocenters. The van der Waals surface area contributed by atoms with Crippen LogP contribution in [0.15, 0.2) is 24.3 Å². The molecule has 0 saturated carbocycles. The molecule has 0 radical (unpaired) electrons. The highest BCUT2D eigenvalue weighted by Gasteiger charge is 2.10. The minimum Gasteiger partial charge on any atom is -0.352 e. The zero-order valence-electron chi connectivity index (χ0n) is 10.5. The first-order valence-corrected chi connectivity index (χ1v) is 5.68. The number of rotatable bonds is 6. The van der Waals surface area contributed by atoms with Crippen LogP contribution < -0.4 is 5.32 Å². The predicted octanol–water partition coefficient (Wildman–Crippen LogP) is 1.28. The second-order valence-corrected chi connectivity index (χ2v) is 4.22. The van der Waals surface area contributed by atoms with Crippen molar-refractivity contribution in [3.63, 3.8) is 0 Å². The normalized spacial score (nSPS) is 10.4. The molecule has 0 bridgehead atoms. The summed E-state index contributed by atoms with van der Waals surface area (Å²) in [4.78, 5) is 23.8. The summed E-state index contributed by atoms with van der Waals surface area (Å²) in [6, 6.07) is 5.71. The number of hydrogen-bond acceptors (Lipinski definition) is 4. The van der Waals surface area contributed by atoms with E-state index in [0.29, 0.717) is 12.1 Å². The molecule has 0 spiro atoms. The van der Waals surface area contributed by atoms with Crippen LogP contribution >= 0.6 is 0 Å². The highest BCUT2D eigenvalue weighted by Crippen LogP contribution is 2.12. The lowest BCUT2D eigenvalue weighted by Gasteiger charge is -2.09. The fourth-order valence-electron chi connectivity index (χ4n) is 1.46. The van der Waals surface area contributed by atoms with Gasteiger partial charge in [-0.1, -0.05) is 6.07 Å². The highest BCUT2D eigenvalue weighted by atomic mass is 16.6. The second kappa shape index (κ2) is 6.70. The molecule has 98 valence electrons. The number of carbonyl (C=O) groups excluding carboxylic acids is 1. The molecule has 0 fully saturated rings. The number of nitrogens with zero attached hydrogens (tertiary/aromatic N) is 2. The van der Waals surface area contributed by atoms with Gasteiger partial charge in [0.25, 0.3) is 11.6 Å². The molecule has 6 nitrogen and oxygen atoms in total. The summed E-state index contributed by atoms with van der Waals surface area (Å²) in [6.07, 6.45) is 0.841. The molecule has 6 heteroatoms. The Morgan fingerprint density at radius 1 is 1.44 bits per heavy atom. The molecule has 0 saturated heterocycles. The third-order valence-electron chi connectivity index (χ3n) is 2.39. The van der Waals surface area contributed by atoms with Crippen molar-refractivity contribution in [2.24, 2.45) is 0 Å². The summed E-state index contributed by atoms with van der Waals surface area (Å²) >= 11 is 0. The number of hydrogen-bond donors (Lipinski definition) is 1. The van der Waals surface area contributed by atoms with Gasteiger partial charge in [-0.3, -0.25) is 14.9 Å². The van der Waals surface area contributed by atoms with E-state index in [0.717, 1.165) is 13.0 Å². The van der Waals surface area contributed by atoms with Gasteiger partial charge in [-0.25, -0.2) is 0 Å². The van der Waals surface area contributed by atoms with Crippen LogP contribution in [0.4, 0.5) is 5.69 Å². The van der Waals surface area contributed by atoms with E-state index in [2.05, 4.69) is 5.32 Å². The lowest BCUT2D eigenvalue weighted by Crippen LogP contribution is -2.27. The van der Waals surface area contributed by atoms with E-state index in [4.69, 9.17) is 0 Å². The van der Waals surface area contributed by atoms with Crippen LogP contribution in [0.25, 0.3) is 0 Å². The molecular formula is C12H17N3O3. The third-order valence-corrected chi connectivity index (χ3v) is 2.39. The molecule has 1 amide bonds. The first kappa shape index (κ1) is 14.1. The SMILES string of the molecule is CN(C)CCCNC(=O)c1cccc([N+](=O)[O-])c1. The molecule has 1 aromatic carbocycles. The van der Waals surface area contributed by atoms with Gasteiger partial charge in [0, 0.05) is 24.2 Å². The smallest absolute Gasteiger partial charge is 0.270 e. The summed E-state index contributed by atoms with van der Waals surface area (Å²) in [7, 11) is 3.92. The molecule has 1 aromatic rings. The van der Waals surface area contributed by atoms with Crippen LogP contribution in [0, 0.1) is 10.1 Å². The van der Waals surface area contributed by atoms with Crippen LogP contribution in [-0.4, -0.2) is 42.9 Å². The molecule has 0 aliphatic heterocycles. The number of nitrogens with one attached hydrogen (secondary N) is 1. The Bertz CT molecular complexity index is 432. The van der Waals surface area contributed by atoms with E-state index in [1.54, 1.807) is 6.07 Å². The first-order chi connectivity index (χ1) is 8.50. The van der Waals surface area contributed by atoms with E-state index in [1.807, 2.05) is 19.0 Å². The molecule has 1 N–H and O–H groups in total. The van der Waals surface area contributed by atoms with Gasteiger partial charge >= 0.3 is 0 Å². The van der Waals surface area contributed by atoms with Crippen LogP contribution in [0.3, 0.4) is 0 Å². The Hall–Kier alpha value is -1.95. The van der Waals surface area contributed by atoms with E-state index in [-0.39, 0.29) is 11.6 Å². The van der Waals surface area contributed by atoms with Gasteiger partial charge in [-0.2, -0.15) is 0 Å². The molecule has 18 heavy (non-hydrogen) atoms. The van der Waals surface area contributed by atoms with Gasteiger partial charge in [-0.05, 0) is 33.1 Å². The van der Waals surface area contributed by atoms with Crippen molar-refractivity contribution in [2.45, 2.75) is 6.42 Å². The Labute approximate surface area is 106 Å². The Morgan fingerprint density at radius 3 is 2.78 bits per heavy atom. The largest absolute Gasteiger partial charge is 0.352 e. The lowest BCUT2D eigenvalue weighted by atomic mass is 10.2. The van der Waals surface area contributed by atoms with E-state index in [9.17, 15) is 14.9 Å². The minimum absolute atomic E-state index is 0.0732. The van der Waals surface area contributed by atoms with Gasteiger partial charge in [0.2, 0.25) is 0 Å². The van der Waals surface area contributed by atoms with E-state index in [1.165, 1.54) is 18.2 Å². The van der Waals surface area contributed by atoms with Gasteiger partial charge < -0.3 is 10.2 Å². The zero-order valence-corrected chi connectivity index (χ0v) is 10.5. The van der Waals surface area contributed by atoms with Crippen molar-refractivity contribution >= 4 is 11.6 Å². The topological polar surface area (TPSA) is 75.5 Å². The van der Waals surface area contributed by atoms with Crippen molar-refractivity contribution in [3.8, 4) is 0 Å². The third kappa shape index (κ3) is 4.50. The highest BCUT2D eigenvalue weighted by molar-refractivity contribution is 5.94. The van der Waals surface area contributed by atoms with Crippen molar-refractivity contribution in [3.05, 3.63) is 39.9 Å². The monoisotopic (exact) mass is 251 g/mol. The van der Waals surface area contributed by atoms with Gasteiger partial charge in [0.05, 0.1) is 4.92 Å². The van der Waals surface area contributed by atoms with Crippen LogP contribution in [0.1, 0.15) is 16.8 Å². The number of nitro groups is 1. The molecule has 0 aliphatic rings. The maximum absolute atomic E-state index is 11.7. The maximum atomic E-state index is 11.7. The Morgan fingerprint density at radius 2 is 2.17 bits per heavy atom. The Balaban J connectivity index is 2.51. The van der Waals surface area contributed by atoms with Crippen molar-refractivity contribution < 1.29 is 9.72 Å².